The second-order valence-electron chi connectivity index (χ2n) is 26.9. The van der Waals surface area contributed by atoms with E-state index in [2.05, 4.69) is 41.5 Å². The Morgan fingerprint density at radius 2 is 0.505 bits per heavy atom. The summed E-state index contributed by atoms with van der Waals surface area (Å²) in [5.41, 5.74) is 0. The Kier molecular flexibility index (Phi) is 62.7. The van der Waals surface area contributed by atoms with Crippen LogP contribution >= 0.6 is 15.6 Å². The van der Waals surface area contributed by atoms with Crippen LogP contribution in [0.3, 0.4) is 0 Å². The van der Waals surface area contributed by atoms with E-state index < -0.39 is 97.5 Å². The lowest BCUT2D eigenvalue weighted by Crippen LogP contribution is -2.30. The molecule has 0 aliphatic heterocycles. The van der Waals surface area contributed by atoms with Crippen LogP contribution in [0.15, 0.2) is 0 Å². The number of hydrogen-bond acceptors (Lipinski definition) is 15. The lowest BCUT2D eigenvalue weighted by molar-refractivity contribution is -0.161. The van der Waals surface area contributed by atoms with Crippen LogP contribution in [0.2, 0.25) is 0 Å². The van der Waals surface area contributed by atoms with Gasteiger partial charge in [-0.25, -0.2) is 9.13 Å². The van der Waals surface area contributed by atoms with E-state index in [4.69, 9.17) is 37.0 Å². The van der Waals surface area contributed by atoms with E-state index in [0.717, 1.165) is 102 Å². The van der Waals surface area contributed by atoms with Gasteiger partial charge in [0, 0.05) is 25.7 Å². The summed E-state index contributed by atoms with van der Waals surface area (Å²) in [5, 5.41) is 10.6. The van der Waals surface area contributed by atoms with Gasteiger partial charge in [-0.05, 0) is 37.5 Å². The molecule has 19 heteroatoms. The van der Waals surface area contributed by atoms with Crippen LogP contribution in [0.25, 0.3) is 0 Å². The van der Waals surface area contributed by atoms with Crippen LogP contribution in [0.5, 0.6) is 0 Å². The minimum absolute atomic E-state index is 0.106. The summed E-state index contributed by atoms with van der Waals surface area (Å²) in [5.74, 6) is -0.609. The molecule has 0 radical (unpaired) electrons. The van der Waals surface area contributed by atoms with Crippen molar-refractivity contribution >= 4 is 39.5 Å². The number of hydrogen-bond donors (Lipinski definition) is 3. The molecule has 0 fully saturated rings. The van der Waals surface area contributed by atoms with E-state index >= 15 is 0 Å². The number of aliphatic hydroxyl groups excluding tert-OH is 1. The Balaban J connectivity index is 5.25. The van der Waals surface area contributed by atoms with Gasteiger partial charge in [0.2, 0.25) is 0 Å². The van der Waals surface area contributed by atoms with Gasteiger partial charge in [-0.15, -0.1) is 0 Å². The third-order valence-electron chi connectivity index (χ3n) is 16.7. The van der Waals surface area contributed by atoms with Gasteiger partial charge >= 0.3 is 39.5 Å². The summed E-state index contributed by atoms with van der Waals surface area (Å²) in [4.78, 5) is 72.6. The fourth-order valence-corrected chi connectivity index (χ4v) is 12.5. The Hall–Kier alpha value is -1.94. The van der Waals surface area contributed by atoms with Gasteiger partial charge in [0.25, 0.3) is 0 Å². The summed E-state index contributed by atoms with van der Waals surface area (Å²) < 4.78 is 68.4. The van der Waals surface area contributed by atoms with Crippen LogP contribution in [0.1, 0.15) is 369 Å². The second kappa shape index (κ2) is 64.1. The maximum Gasteiger partial charge on any atom is 0.472 e. The van der Waals surface area contributed by atoms with Gasteiger partial charge in [0.15, 0.2) is 12.2 Å². The van der Waals surface area contributed by atoms with Crippen molar-refractivity contribution in [1.29, 1.82) is 0 Å². The van der Waals surface area contributed by atoms with Crippen molar-refractivity contribution < 1.29 is 80.2 Å². The lowest BCUT2D eigenvalue weighted by Gasteiger charge is -2.21. The maximum atomic E-state index is 13.0. The predicted molar refractivity (Wildman–Crippen MR) is 368 cm³/mol. The Morgan fingerprint density at radius 3 is 0.747 bits per heavy atom. The normalized spacial score (nSPS) is 14.1. The zero-order valence-electron chi connectivity index (χ0n) is 59.1. The Morgan fingerprint density at radius 1 is 0.297 bits per heavy atom. The Bertz CT molecular complexity index is 1770. The summed E-state index contributed by atoms with van der Waals surface area (Å²) in [6.45, 7) is 9.55. The quantitative estimate of drug-likeness (QED) is 0.0222. The molecule has 91 heavy (non-hydrogen) atoms. The largest absolute Gasteiger partial charge is 0.472 e. The fraction of sp³-hybridized carbons (Fsp3) is 0.944. The van der Waals surface area contributed by atoms with Gasteiger partial charge in [0.1, 0.15) is 19.3 Å². The van der Waals surface area contributed by atoms with E-state index in [1.54, 1.807) is 0 Å². The minimum atomic E-state index is -4.95. The highest BCUT2D eigenvalue weighted by Gasteiger charge is 2.30. The molecule has 0 saturated heterocycles. The van der Waals surface area contributed by atoms with Crippen molar-refractivity contribution in [2.45, 2.75) is 387 Å². The molecule has 0 aromatic carbocycles. The van der Waals surface area contributed by atoms with Crippen molar-refractivity contribution in [2.24, 2.45) is 11.8 Å². The zero-order valence-corrected chi connectivity index (χ0v) is 60.9. The van der Waals surface area contributed by atoms with Gasteiger partial charge in [0.05, 0.1) is 26.4 Å². The average molecular weight is 1340 g/mol. The smallest absolute Gasteiger partial charge is 0.462 e. The highest BCUT2D eigenvalue weighted by Crippen LogP contribution is 2.45. The third-order valence-corrected chi connectivity index (χ3v) is 18.6. The summed E-state index contributed by atoms with van der Waals surface area (Å²) >= 11 is 0. The molecule has 0 amide bonds. The van der Waals surface area contributed by atoms with Gasteiger partial charge < -0.3 is 33.8 Å². The number of ether oxygens (including phenoxy) is 4. The summed E-state index contributed by atoms with van der Waals surface area (Å²) in [6.07, 6.45) is 49.8. The first-order valence-corrected chi connectivity index (χ1v) is 40.5. The Labute approximate surface area is 556 Å². The average Bonchev–Trinajstić information content (AvgIpc) is 3.65. The van der Waals surface area contributed by atoms with E-state index in [0.29, 0.717) is 25.7 Å². The first-order valence-electron chi connectivity index (χ1n) is 37.5. The number of rotatable bonds is 71. The molecular weight excluding hydrogens is 1200 g/mol. The molecule has 0 aromatic rings. The van der Waals surface area contributed by atoms with E-state index in [9.17, 15) is 43.2 Å². The molecule has 0 heterocycles. The van der Waals surface area contributed by atoms with Crippen molar-refractivity contribution in [3.63, 3.8) is 0 Å². The van der Waals surface area contributed by atoms with Crippen LogP contribution in [-0.2, 0) is 65.4 Å². The molecule has 0 saturated carbocycles. The second-order valence-corrected chi connectivity index (χ2v) is 29.8. The number of carbonyl (C=O) groups excluding carboxylic acids is 4. The highest BCUT2D eigenvalue weighted by molar-refractivity contribution is 7.47. The number of unbranched alkanes of at least 4 members (excludes halogenated alkanes) is 41. The molecule has 0 bridgehead atoms. The molecule has 0 spiro atoms. The lowest BCUT2D eigenvalue weighted by atomic mass is 10.0. The molecule has 0 aromatic heterocycles. The van der Waals surface area contributed by atoms with Crippen molar-refractivity contribution in [2.75, 3.05) is 39.6 Å². The number of phosphoric acid groups is 2. The molecule has 0 aliphatic rings. The third kappa shape index (κ3) is 66.5. The number of phosphoric ester groups is 2. The number of esters is 4. The van der Waals surface area contributed by atoms with Crippen LogP contribution in [0, 0.1) is 11.8 Å². The first kappa shape index (κ1) is 89.1. The standard InChI is InChI=1S/C72H140O17P2/c1-7-9-11-13-15-17-19-20-21-22-23-32-38-44-50-56-71(76)88-68(61-83-70(75)55-49-43-37-31-26-24-28-34-40-46-52-64(3)4)63-87-91(80,81)85-59-66(73)58-84-90(78,79)86-62-67(60-82-69(74)54-48-42-36-30-18-16-14-12-10-8-2)89-72(77)57-51-45-39-33-27-25-29-35-41-47-53-65(5)6/h64-68,73H,7-63H2,1-6H3,(H,78,79)(H,80,81)/t66-,67+,68+/m0/s1. The maximum absolute atomic E-state index is 13.0. The predicted octanol–water partition coefficient (Wildman–Crippen LogP) is 20.8. The number of carbonyl (C=O) groups is 4. The van der Waals surface area contributed by atoms with Crippen molar-refractivity contribution in [3.8, 4) is 0 Å². The molecule has 2 unspecified atom stereocenters. The first-order chi connectivity index (χ1) is 43.9. The number of aliphatic hydroxyl groups is 1. The van der Waals surface area contributed by atoms with Gasteiger partial charge in [-0.3, -0.25) is 37.3 Å². The SMILES string of the molecule is CCCCCCCCCCCCCCCCCC(=O)O[C@H](COC(=O)CCCCCCCCCCCCC(C)C)COP(=O)(O)OC[C@@H](O)COP(=O)(O)OC[C@@H](COC(=O)CCCCCCCCCCCC)OC(=O)CCCCCCCCCCCCC(C)C. The highest BCUT2D eigenvalue weighted by atomic mass is 31.2. The van der Waals surface area contributed by atoms with Gasteiger partial charge in [-0.2, -0.15) is 0 Å². The monoisotopic (exact) mass is 1340 g/mol. The van der Waals surface area contributed by atoms with E-state index in [1.807, 2.05) is 0 Å². The van der Waals surface area contributed by atoms with Crippen LogP contribution in [-0.4, -0.2) is 96.7 Å². The van der Waals surface area contributed by atoms with E-state index in [1.165, 1.54) is 186 Å². The molecule has 540 valence electrons. The molecule has 3 N–H and O–H groups in total. The van der Waals surface area contributed by atoms with E-state index in [-0.39, 0.29) is 25.7 Å². The van der Waals surface area contributed by atoms with Crippen molar-refractivity contribution in [1.82, 2.24) is 0 Å². The fourth-order valence-electron chi connectivity index (χ4n) is 10.9. The molecular formula is C72H140O17P2. The molecule has 17 nitrogen and oxygen atoms in total. The molecule has 5 atom stereocenters. The summed E-state index contributed by atoms with van der Waals surface area (Å²) in [6, 6.07) is 0. The van der Waals surface area contributed by atoms with Crippen LogP contribution in [0.4, 0.5) is 0 Å². The van der Waals surface area contributed by atoms with Crippen molar-refractivity contribution in [3.05, 3.63) is 0 Å². The summed E-state index contributed by atoms with van der Waals surface area (Å²) in [7, 11) is -9.90. The van der Waals surface area contributed by atoms with Crippen LogP contribution < -0.4 is 0 Å². The topological polar surface area (TPSA) is 237 Å². The van der Waals surface area contributed by atoms with Gasteiger partial charge in [-0.1, -0.05) is 318 Å². The molecule has 0 aliphatic carbocycles. The zero-order chi connectivity index (χ0) is 67.2. The molecule has 0 rings (SSSR count). The minimum Gasteiger partial charge on any atom is -0.462 e.